The second kappa shape index (κ2) is 16.4. The fourth-order valence-electron chi connectivity index (χ4n) is 5.13. The number of carbonyl (C=O) groups excluding carboxylic acids is 2. The summed E-state index contributed by atoms with van der Waals surface area (Å²) in [6.45, 7) is 5.57. The van der Waals surface area contributed by atoms with Crippen molar-refractivity contribution in [1.29, 1.82) is 0 Å². The summed E-state index contributed by atoms with van der Waals surface area (Å²) >= 11 is 13.3. The van der Waals surface area contributed by atoms with Gasteiger partial charge in [-0.15, -0.1) is 0 Å². The van der Waals surface area contributed by atoms with E-state index in [4.69, 9.17) is 35.3 Å². The largest absolute Gasteiger partial charge is 0.490 e. The topological polar surface area (TPSA) is 115 Å². The van der Waals surface area contributed by atoms with Gasteiger partial charge in [0.25, 0.3) is 5.56 Å². The molecule has 0 N–H and O–H groups in total. The van der Waals surface area contributed by atoms with Crippen molar-refractivity contribution in [3.63, 3.8) is 0 Å². The quantitative estimate of drug-likeness (QED) is 0.120. The Hall–Kier alpha value is -3.66. The standard InChI is InChI=1S/C35H31BrClIN2O8S/c1-5-45-27-14-20(11-12-26(27)47-18-29(41)44-4)31-30(34(43)46-6-2)19(3)39-35-40(31)33(42)28(49-35)15-22-13-23(36)16-25(38)32(22)48-17-21-9-7-8-10-24(21)37/h7-16,31H,5-6,17-18H2,1-4H3/b28-15+/t31-/m0/s1. The number of benzene rings is 3. The second-order valence-corrected chi connectivity index (χ2v) is 14.0. The fraction of sp³-hybridized carbons (Fsp3) is 0.257. The van der Waals surface area contributed by atoms with Gasteiger partial charge >= 0.3 is 11.9 Å². The number of methoxy groups -OCH3 is 1. The lowest BCUT2D eigenvalue weighted by molar-refractivity contribution is -0.143. The van der Waals surface area contributed by atoms with Crippen molar-refractivity contribution in [3.8, 4) is 17.2 Å². The molecular weight excluding hydrogens is 851 g/mol. The zero-order chi connectivity index (χ0) is 35.2. The van der Waals surface area contributed by atoms with Gasteiger partial charge in [0.15, 0.2) is 22.9 Å². The number of nitrogens with zero attached hydrogens (tertiary/aromatic N) is 2. The van der Waals surface area contributed by atoms with Crippen LogP contribution in [0.25, 0.3) is 6.08 Å². The van der Waals surface area contributed by atoms with Crippen LogP contribution < -0.4 is 29.1 Å². The molecule has 0 amide bonds. The van der Waals surface area contributed by atoms with E-state index in [1.54, 1.807) is 44.2 Å². The van der Waals surface area contributed by atoms with Gasteiger partial charge in [0.2, 0.25) is 0 Å². The first-order chi connectivity index (χ1) is 23.6. The Labute approximate surface area is 313 Å². The third-order valence-electron chi connectivity index (χ3n) is 7.33. The monoisotopic (exact) mass is 880 g/mol. The molecular formula is C35H31BrClIN2O8S. The van der Waals surface area contributed by atoms with Gasteiger partial charge in [-0.05, 0) is 85.3 Å². The molecule has 10 nitrogen and oxygen atoms in total. The van der Waals surface area contributed by atoms with Crippen molar-refractivity contribution in [1.82, 2.24) is 4.57 Å². The molecule has 0 aliphatic carbocycles. The number of hydrogen-bond acceptors (Lipinski definition) is 10. The molecule has 1 aliphatic rings. The Kier molecular flexibility index (Phi) is 12.2. The van der Waals surface area contributed by atoms with Gasteiger partial charge in [0.1, 0.15) is 12.4 Å². The highest BCUT2D eigenvalue weighted by molar-refractivity contribution is 14.1. The van der Waals surface area contributed by atoms with Crippen molar-refractivity contribution in [2.75, 3.05) is 26.9 Å². The van der Waals surface area contributed by atoms with E-state index in [1.165, 1.54) is 23.0 Å². The Morgan fingerprint density at radius 3 is 2.55 bits per heavy atom. The molecule has 14 heteroatoms. The van der Waals surface area contributed by atoms with E-state index in [0.717, 1.165) is 13.6 Å². The lowest BCUT2D eigenvalue weighted by Gasteiger charge is -2.25. The third kappa shape index (κ3) is 8.22. The molecule has 256 valence electrons. The Bertz CT molecular complexity index is 2130. The summed E-state index contributed by atoms with van der Waals surface area (Å²) in [7, 11) is 1.27. The van der Waals surface area contributed by atoms with Crippen LogP contribution in [0.5, 0.6) is 17.2 Å². The summed E-state index contributed by atoms with van der Waals surface area (Å²) in [5, 5.41) is 0.591. The number of thiazole rings is 1. The molecule has 49 heavy (non-hydrogen) atoms. The van der Waals surface area contributed by atoms with Gasteiger partial charge in [-0.25, -0.2) is 14.6 Å². The molecule has 3 aromatic carbocycles. The Morgan fingerprint density at radius 1 is 1.06 bits per heavy atom. The number of fused-ring (bicyclic) bond motifs is 1. The molecule has 0 spiro atoms. The lowest BCUT2D eigenvalue weighted by atomic mass is 9.95. The average Bonchev–Trinajstić information content (AvgIpc) is 3.37. The van der Waals surface area contributed by atoms with Crippen molar-refractivity contribution >= 4 is 79.5 Å². The van der Waals surface area contributed by atoms with Crippen molar-refractivity contribution in [2.45, 2.75) is 33.4 Å². The van der Waals surface area contributed by atoms with Gasteiger partial charge in [-0.1, -0.05) is 63.1 Å². The van der Waals surface area contributed by atoms with Crippen LogP contribution in [0.4, 0.5) is 0 Å². The molecule has 4 aromatic rings. The van der Waals surface area contributed by atoms with Crippen LogP contribution in [-0.2, 0) is 25.7 Å². The molecule has 0 saturated heterocycles. The van der Waals surface area contributed by atoms with Crippen LogP contribution in [0.15, 0.2) is 80.1 Å². The first kappa shape index (κ1) is 36.6. The number of esters is 2. The maximum absolute atomic E-state index is 14.4. The SMILES string of the molecule is CCOC(=O)C1=C(C)N=c2s/c(=C/c3cc(Br)cc(I)c3OCc3ccccc3Cl)c(=O)n2[C@H]1c1ccc(OCC(=O)OC)c(OCC)c1. The number of rotatable bonds is 12. The number of aromatic nitrogens is 1. The molecule has 0 bridgehead atoms. The van der Waals surface area contributed by atoms with Gasteiger partial charge < -0.3 is 23.7 Å². The van der Waals surface area contributed by atoms with Crippen molar-refractivity contribution in [3.05, 3.63) is 115 Å². The number of hydrogen-bond donors (Lipinski definition) is 0. The lowest BCUT2D eigenvalue weighted by Crippen LogP contribution is -2.40. The van der Waals surface area contributed by atoms with Crippen LogP contribution in [-0.4, -0.2) is 43.4 Å². The number of halogens is 3. The molecule has 5 rings (SSSR count). The zero-order valence-corrected chi connectivity index (χ0v) is 32.2. The third-order valence-corrected chi connectivity index (χ3v) is 9.94. The minimum Gasteiger partial charge on any atom is -0.490 e. The number of allylic oxidation sites excluding steroid dienone is 1. The van der Waals surface area contributed by atoms with Crippen LogP contribution >= 0.6 is 61.5 Å². The van der Waals surface area contributed by atoms with E-state index in [9.17, 15) is 14.4 Å². The molecule has 2 heterocycles. The number of carbonyl (C=O) groups is 2. The summed E-state index contributed by atoms with van der Waals surface area (Å²) in [6.07, 6.45) is 1.76. The van der Waals surface area contributed by atoms with E-state index in [0.29, 0.717) is 55.0 Å². The predicted octanol–water partition coefficient (Wildman–Crippen LogP) is 6.35. The minimum absolute atomic E-state index is 0.135. The van der Waals surface area contributed by atoms with E-state index < -0.39 is 18.0 Å². The molecule has 0 unspecified atom stereocenters. The molecule has 0 radical (unpaired) electrons. The molecule has 1 atom stereocenters. The first-order valence-electron chi connectivity index (χ1n) is 15.1. The number of ether oxygens (including phenoxy) is 5. The molecule has 1 aliphatic heterocycles. The van der Waals surface area contributed by atoms with Gasteiger partial charge in [0, 0.05) is 20.6 Å². The summed E-state index contributed by atoms with van der Waals surface area (Å²) in [5.41, 5.74) is 2.31. The van der Waals surface area contributed by atoms with E-state index in [2.05, 4.69) is 43.5 Å². The van der Waals surface area contributed by atoms with E-state index in [-0.39, 0.29) is 31.0 Å². The molecule has 0 saturated carbocycles. The minimum atomic E-state index is -0.898. The normalized spacial score (nSPS) is 14.2. The highest BCUT2D eigenvalue weighted by Crippen LogP contribution is 2.37. The summed E-state index contributed by atoms with van der Waals surface area (Å²) in [6, 6.07) is 15.4. The maximum atomic E-state index is 14.4. The zero-order valence-electron chi connectivity index (χ0n) is 26.9. The predicted molar refractivity (Wildman–Crippen MR) is 198 cm³/mol. The van der Waals surface area contributed by atoms with Crippen LogP contribution in [0, 0.1) is 3.57 Å². The Balaban J connectivity index is 1.65. The van der Waals surface area contributed by atoms with Crippen molar-refractivity contribution < 1.29 is 33.3 Å². The summed E-state index contributed by atoms with van der Waals surface area (Å²) < 4.78 is 31.4. The highest BCUT2D eigenvalue weighted by Gasteiger charge is 2.34. The van der Waals surface area contributed by atoms with Crippen molar-refractivity contribution in [2.24, 2.45) is 4.99 Å². The average molecular weight is 882 g/mol. The summed E-state index contributed by atoms with van der Waals surface area (Å²) in [4.78, 5) is 44.6. The van der Waals surface area contributed by atoms with E-state index >= 15 is 0 Å². The van der Waals surface area contributed by atoms with Crippen LogP contribution in [0.2, 0.25) is 5.02 Å². The van der Waals surface area contributed by atoms with Crippen LogP contribution in [0.3, 0.4) is 0 Å². The first-order valence-corrected chi connectivity index (χ1v) is 18.1. The van der Waals surface area contributed by atoms with Gasteiger partial charge in [-0.3, -0.25) is 9.36 Å². The summed E-state index contributed by atoms with van der Waals surface area (Å²) in [5.74, 6) is 0.0601. The maximum Gasteiger partial charge on any atom is 0.343 e. The smallest absolute Gasteiger partial charge is 0.343 e. The molecule has 0 fully saturated rings. The second-order valence-electron chi connectivity index (χ2n) is 10.5. The highest BCUT2D eigenvalue weighted by atomic mass is 127. The van der Waals surface area contributed by atoms with Gasteiger partial charge in [-0.2, -0.15) is 0 Å². The fourth-order valence-corrected chi connectivity index (χ4v) is 8.07. The Morgan fingerprint density at radius 2 is 1.84 bits per heavy atom. The molecule has 1 aromatic heterocycles. The van der Waals surface area contributed by atoms with Gasteiger partial charge in [0.05, 0.1) is 45.7 Å². The van der Waals surface area contributed by atoms with E-state index in [1.807, 2.05) is 37.3 Å². The van der Waals surface area contributed by atoms with Crippen LogP contribution in [0.1, 0.15) is 43.5 Å².